The van der Waals surface area contributed by atoms with Crippen molar-refractivity contribution in [1.29, 1.82) is 0 Å². The third-order valence-corrected chi connectivity index (χ3v) is 4.93. The molecule has 1 atom stereocenters. The molecule has 30 heavy (non-hydrogen) atoms. The van der Waals surface area contributed by atoms with Gasteiger partial charge in [-0.1, -0.05) is 58.3 Å². The number of rotatable bonds is 16. The predicted molar refractivity (Wildman–Crippen MR) is 120 cm³/mol. The van der Waals surface area contributed by atoms with Gasteiger partial charge in [-0.15, -0.1) is 6.42 Å². The number of hydrogen-bond donors (Lipinski definition) is 2. The molecule has 1 aromatic carbocycles. The fourth-order valence-electron chi connectivity index (χ4n) is 3.25. The van der Waals surface area contributed by atoms with Crippen molar-refractivity contribution in [2.75, 3.05) is 6.61 Å². The van der Waals surface area contributed by atoms with Crippen LogP contribution in [0.5, 0.6) is 5.75 Å². The second-order valence-corrected chi connectivity index (χ2v) is 8.18. The van der Waals surface area contributed by atoms with Crippen LogP contribution in [0.3, 0.4) is 0 Å². The third kappa shape index (κ3) is 12.2. The maximum Gasteiger partial charge on any atom is 0.326 e. The normalized spacial score (nSPS) is 11.7. The van der Waals surface area contributed by atoms with Gasteiger partial charge >= 0.3 is 5.97 Å². The maximum absolute atomic E-state index is 11.9. The summed E-state index contributed by atoms with van der Waals surface area (Å²) in [6.07, 6.45) is 14.9. The molecule has 0 aliphatic rings. The molecule has 1 rings (SSSR count). The number of carbonyl (C=O) groups is 2. The number of nitrogens with one attached hydrogen (secondary N) is 1. The van der Waals surface area contributed by atoms with Gasteiger partial charge in [0.05, 0.1) is 6.61 Å². The molecular formula is C25H37NO4. The molecule has 5 heteroatoms. The Balaban J connectivity index is 1.96. The van der Waals surface area contributed by atoms with Gasteiger partial charge in [0.25, 0.3) is 0 Å². The first kappa shape index (κ1) is 25.6. The van der Waals surface area contributed by atoms with Crippen LogP contribution in [-0.4, -0.2) is 29.6 Å². The fourth-order valence-corrected chi connectivity index (χ4v) is 3.25. The highest BCUT2D eigenvalue weighted by atomic mass is 16.5. The van der Waals surface area contributed by atoms with Gasteiger partial charge in [0.15, 0.2) is 0 Å². The summed E-state index contributed by atoms with van der Waals surface area (Å²) in [5, 5.41) is 11.8. The molecule has 0 bridgehead atoms. The van der Waals surface area contributed by atoms with E-state index in [-0.39, 0.29) is 11.8 Å². The van der Waals surface area contributed by atoms with Gasteiger partial charge in [-0.05, 0) is 49.4 Å². The second-order valence-electron chi connectivity index (χ2n) is 8.18. The lowest BCUT2D eigenvalue weighted by Crippen LogP contribution is -2.41. The summed E-state index contributed by atoms with van der Waals surface area (Å²) in [6.45, 7) is 4.63. The van der Waals surface area contributed by atoms with Crippen molar-refractivity contribution >= 4 is 11.9 Å². The van der Waals surface area contributed by atoms with E-state index in [4.69, 9.17) is 16.3 Å². The Morgan fingerprint density at radius 1 is 1.00 bits per heavy atom. The number of carbonyl (C=O) groups excluding carboxylic acids is 1. The summed E-state index contributed by atoms with van der Waals surface area (Å²) in [5.41, 5.74) is 0.860. The van der Waals surface area contributed by atoms with E-state index in [0.717, 1.165) is 50.0 Å². The first-order chi connectivity index (χ1) is 14.4. The molecule has 0 saturated heterocycles. The SMILES string of the molecule is C#Cc1ccc(OCCCCCCCCCCC(=O)NC(CC(C)C)C(=O)O)cc1. The summed E-state index contributed by atoms with van der Waals surface area (Å²) in [6, 6.07) is 6.80. The van der Waals surface area contributed by atoms with Crippen LogP contribution in [0, 0.1) is 18.3 Å². The van der Waals surface area contributed by atoms with Crippen LogP contribution in [0.25, 0.3) is 0 Å². The van der Waals surface area contributed by atoms with Crippen molar-refractivity contribution in [2.45, 2.75) is 84.1 Å². The van der Waals surface area contributed by atoms with E-state index < -0.39 is 12.0 Å². The molecule has 0 heterocycles. The highest BCUT2D eigenvalue weighted by molar-refractivity contribution is 5.83. The number of carboxylic acid groups (broad SMARTS) is 1. The summed E-state index contributed by atoms with van der Waals surface area (Å²) in [7, 11) is 0. The Kier molecular flexibility index (Phi) is 13.1. The van der Waals surface area contributed by atoms with Crippen molar-refractivity contribution in [3.63, 3.8) is 0 Å². The van der Waals surface area contributed by atoms with Gasteiger partial charge in [0, 0.05) is 12.0 Å². The van der Waals surface area contributed by atoms with E-state index in [1.54, 1.807) is 0 Å². The van der Waals surface area contributed by atoms with Crippen LogP contribution in [0.4, 0.5) is 0 Å². The number of unbranched alkanes of at least 4 members (excludes halogenated alkanes) is 7. The molecule has 0 aliphatic carbocycles. The molecular weight excluding hydrogens is 378 g/mol. The van der Waals surface area contributed by atoms with Crippen molar-refractivity contribution in [3.05, 3.63) is 29.8 Å². The zero-order chi connectivity index (χ0) is 22.2. The Bertz CT molecular complexity index is 661. The highest BCUT2D eigenvalue weighted by Crippen LogP contribution is 2.14. The summed E-state index contributed by atoms with van der Waals surface area (Å²) < 4.78 is 5.71. The minimum Gasteiger partial charge on any atom is -0.494 e. The van der Waals surface area contributed by atoms with Gasteiger partial charge in [0.2, 0.25) is 5.91 Å². The smallest absolute Gasteiger partial charge is 0.326 e. The molecule has 0 saturated carbocycles. The quantitative estimate of drug-likeness (QED) is 0.288. The van der Waals surface area contributed by atoms with Crippen molar-refractivity contribution < 1.29 is 19.4 Å². The Labute approximate surface area is 181 Å². The van der Waals surface area contributed by atoms with E-state index in [1.807, 2.05) is 38.1 Å². The number of hydrogen-bond acceptors (Lipinski definition) is 3. The molecule has 1 unspecified atom stereocenters. The lowest BCUT2D eigenvalue weighted by atomic mass is 10.0. The standard InChI is InChI=1S/C25H37NO4/c1-4-21-14-16-22(17-15-21)30-18-12-10-8-6-5-7-9-11-13-24(27)26-23(25(28)29)19-20(2)3/h1,14-17,20,23H,5-13,18-19H2,2-3H3,(H,26,27)(H,28,29). The molecule has 0 radical (unpaired) electrons. The minimum atomic E-state index is -0.954. The number of aliphatic carboxylic acids is 1. The van der Waals surface area contributed by atoms with Crippen LogP contribution < -0.4 is 10.1 Å². The summed E-state index contributed by atoms with van der Waals surface area (Å²) in [4.78, 5) is 23.1. The molecule has 0 spiro atoms. The van der Waals surface area contributed by atoms with Gasteiger partial charge in [0.1, 0.15) is 11.8 Å². The molecule has 1 aromatic rings. The van der Waals surface area contributed by atoms with Gasteiger partial charge in [-0.25, -0.2) is 4.79 Å². The van der Waals surface area contributed by atoms with Crippen LogP contribution in [0.15, 0.2) is 24.3 Å². The molecule has 1 amide bonds. The Hall–Kier alpha value is -2.48. The number of benzene rings is 1. The van der Waals surface area contributed by atoms with Crippen LogP contribution in [0.1, 0.15) is 83.6 Å². The van der Waals surface area contributed by atoms with Crippen LogP contribution in [0.2, 0.25) is 0 Å². The second kappa shape index (κ2) is 15.4. The van der Waals surface area contributed by atoms with Gasteiger partial charge in [-0.2, -0.15) is 0 Å². The highest BCUT2D eigenvalue weighted by Gasteiger charge is 2.20. The van der Waals surface area contributed by atoms with E-state index >= 15 is 0 Å². The zero-order valence-corrected chi connectivity index (χ0v) is 18.5. The van der Waals surface area contributed by atoms with E-state index in [0.29, 0.717) is 12.8 Å². The monoisotopic (exact) mass is 415 g/mol. The lowest BCUT2D eigenvalue weighted by Gasteiger charge is -2.16. The maximum atomic E-state index is 11.9. The number of amides is 1. The molecule has 166 valence electrons. The molecule has 0 aromatic heterocycles. The van der Waals surface area contributed by atoms with Crippen molar-refractivity contribution in [1.82, 2.24) is 5.32 Å². The van der Waals surface area contributed by atoms with Crippen LogP contribution in [-0.2, 0) is 9.59 Å². The van der Waals surface area contributed by atoms with E-state index in [2.05, 4.69) is 11.2 Å². The Morgan fingerprint density at radius 3 is 2.10 bits per heavy atom. The first-order valence-electron chi connectivity index (χ1n) is 11.1. The summed E-state index contributed by atoms with van der Waals surface area (Å²) in [5.74, 6) is 2.57. The molecule has 5 nitrogen and oxygen atoms in total. The molecule has 0 aliphatic heterocycles. The van der Waals surface area contributed by atoms with Crippen molar-refractivity contribution in [3.8, 4) is 18.1 Å². The molecule has 2 N–H and O–H groups in total. The lowest BCUT2D eigenvalue weighted by molar-refractivity contribution is -0.142. The van der Waals surface area contributed by atoms with Gasteiger partial charge < -0.3 is 15.2 Å². The Morgan fingerprint density at radius 2 is 1.57 bits per heavy atom. The first-order valence-corrected chi connectivity index (χ1v) is 11.1. The fraction of sp³-hybridized carbons (Fsp3) is 0.600. The number of carboxylic acids is 1. The van der Waals surface area contributed by atoms with Crippen molar-refractivity contribution in [2.24, 2.45) is 5.92 Å². The van der Waals surface area contributed by atoms with Gasteiger partial charge in [-0.3, -0.25) is 4.79 Å². The topological polar surface area (TPSA) is 75.6 Å². The summed E-state index contributed by atoms with van der Waals surface area (Å²) >= 11 is 0. The average molecular weight is 416 g/mol. The van der Waals surface area contributed by atoms with E-state index in [9.17, 15) is 9.59 Å². The molecule has 0 fully saturated rings. The zero-order valence-electron chi connectivity index (χ0n) is 18.5. The van der Waals surface area contributed by atoms with E-state index in [1.165, 1.54) is 19.3 Å². The van der Waals surface area contributed by atoms with Crippen LogP contribution >= 0.6 is 0 Å². The number of terminal acetylenes is 1. The predicted octanol–water partition coefficient (Wildman–Crippen LogP) is 5.17. The third-order valence-electron chi connectivity index (χ3n) is 4.93. The number of ether oxygens (including phenoxy) is 1. The average Bonchev–Trinajstić information content (AvgIpc) is 2.71. The minimum absolute atomic E-state index is 0.156. The largest absolute Gasteiger partial charge is 0.494 e.